The smallest absolute Gasteiger partial charge is 0.149 e. The Bertz CT molecular complexity index is 579. The molecule has 6 heteroatoms. The van der Waals surface area contributed by atoms with Crippen LogP contribution in [0, 0.1) is 5.82 Å². The molecule has 0 aliphatic rings. The van der Waals surface area contributed by atoms with E-state index in [1.807, 2.05) is 0 Å². The highest BCUT2D eigenvalue weighted by atomic mass is 35.5. The number of benzene rings is 1. The summed E-state index contributed by atoms with van der Waals surface area (Å²) in [7, 11) is 0. The molecule has 0 saturated heterocycles. The van der Waals surface area contributed by atoms with Crippen LogP contribution >= 0.6 is 11.6 Å². The molecule has 18 heavy (non-hydrogen) atoms. The third-order valence-electron chi connectivity index (χ3n) is 2.13. The van der Waals surface area contributed by atoms with Crippen molar-refractivity contribution in [3.63, 3.8) is 0 Å². The fourth-order valence-corrected chi connectivity index (χ4v) is 1.46. The Morgan fingerprint density at radius 2 is 2.17 bits per heavy atom. The Labute approximate surface area is 107 Å². The molecule has 0 N–H and O–H groups in total. The van der Waals surface area contributed by atoms with E-state index in [0.29, 0.717) is 11.5 Å². The predicted octanol–water partition coefficient (Wildman–Crippen LogP) is 2.01. The fourth-order valence-electron chi connectivity index (χ4n) is 1.29. The van der Waals surface area contributed by atoms with Gasteiger partial charge in [0.15, 0.2) is 0 Å². The molecular weight excluding hydrogens is 263 g/mol. The van der Waals surface area contributed by atoms with Gasteiger partial charge in [0.25, 0.3) is 0 Å². The molecule has 0 bridgehead atoms. The predicted molar refractivity (Wildman–Crippen MR) is 58.8 cm³/mol. The van der Waals surface area contributed by atoms with E-state index in [1.54, 1.807) is 0 Å². The monoisotopic (exact) mass is 269 g/mol. The Morgan fingerprint density at radius 3 is 2.78 bits per heavy atom. The molecule has 0 unspecified atom stereocenters. The molecule has 0 fully saturated rings. The van der Waals surface area contributed by atoms with Gasteiger partial charge in [-0.1, -0.05) is 11.6 Å². The molecule has 0 amide bonds. The van der Waals surface area contributed by atoms with Gasteiger partial charge >= 0.3 is 0 Å². The minimum absolute atomic E-state index is 0.00917. The van der Waals surface area contributed by atoms with Crippen LogP contribution in [0.3, 0.4) is 0 Å². The van der Waals surface area contributed by atoms with Crippen molar-refractivity contribution in [2.45, 2.75) is 6.61 Å². The van der Waals surface area contributed by atoms with Crippen molar-refractivity contribution in [3.8, 4) is 5.75 Å². The summed E-state index contributed by atoms with van der Waals surface area (Å²) in [6.07, 6.45) is 0. The van der Waals surface area contributed by atoms with Gasteiger partial charge in [0.05, 0.1) is 5.02 Å². The van der Waals surface area contributed by atoms with Crippen molar-refractivity contribution in [2.24, 2.45) is 0 Å². The zero-order valence-corrected chi connectivity index (χ0v) is 9.74. The number of furan rings is 1. The Hall–Kier alpha value is -2.01. The molecule has 0 spiro atoms. The number of halogens is 2. The molecule has 0 saturated carbocycles. The highest BCUT2D eigenvalue weighted by Crippen LogP contribution is 2.22. The molecule has 2 rings (SSSR count). The molecule has 1 aromatic heterocycles. The molecule has 1 heterocycles. The zero-order valence-electron chi connectivity index (χ0n) is 8.98. The lowest BCUT2D eigenvalue weighted by Gasteiger charge is -2.05. The summed E-state index contributed by atoms with van der Waals surface area (Å²) < 4.78 is 23.1. The van der Waals surface area contributed by atoms with Crippen LogP contribution in [0.1, 0.15) is 16.3 Å². The lowest BCUT2D eigenvalue weighted by molar-refractivity contribution is -0.257. The van der Waals surface area contributed by atoms with E-state index in [-0.39, 0.29) is 17.4 Å². The summed E-state index contributed by atoms with van der Waals surface area (Å²) in [5.41, 5.74) is 0. The molecular formula is C12H7ClFO4-. The first kappa shape index (κ1) is 12.4. The van der Waals surface area contributed by atoms with Gasteiger partial charge in [0, 0.05) is 6.07 Å². The summed E-state index contributed by atoms with van der Waals surface area (Å²) in [6.45, 7) is 0.00917. The summed E-state index contributed by atoms with van der Waals surface area (Å²) >= 11 is 5.58. The molecule has 0 radical (unpaired) electrons. The minimum Gasteiger partial charge on any atom is -0.542 e. The first-order valence-corrected chi connectivity index (χ1v) is 5.32. The number of carbonyl (C=O) groups excluding carboxylic acids is 1. The summed E-state index contributed by atoms with van der Waals surface area (Å²) in [5, 5.41) is 10.4. The van der Waals surface area contributed by atoms with Crippen molar-refractivity contribution in [2.75, 3.05) is 0 Å². The number of carboxylic acids is 1. The second-order valence-electron chi connectivity index (χ2n) is 3.42. The quantitative estimate of drug-likeness (QED) is 0.852. The van der Waals surface area contributed by atoms with Gasteiger partial charge in [-0.2, -0.15) is 0 Å². The number of carbonyl (C=O) groups is 1. The van der Waals surface area contributed by atoms with Gasteiger partial charge in [-0.3, -0.25) is 0 Å². The van der Waals surface area contributed by atoms with Crippen LogP contribution in [0.2, 0.25) is 5.02 Å². The van der Waals surface area contributed by atoms with Gasteiger partial charge < -0.3 is 19.1 Å². The van der Waals surface area contributed by atoms with Gasteiger partial charge in [0.2, 0.25) is 0 Å². The number of aromatic carboxylic acids is 1. The van der Waals surface area contributed by atoms with Crippen LogP contribution in [0.15, 0.2) is 34.7 Å². The first-order chi connectivity index (χ1) is 8.56. The maximum atomic E-state index is 12.9. The average molecular weight is 270 g/mol. The van der Waals surface area contributed by atoms with Gasteiger partial charge in [-0.15, -0.1) is 0 Å². The van der Waals surface area contributed by atoms with Crippen LogP contribution in [0.5, 0.6) is 5.75 Å². The third kappa shape index (κ3) is 2.81. The number of ether oxygens (including phenoxy) is 1. The highest BCUT2D eigenvalue weighted by Gasteiger charge is 2.05. The van der Waals surface area contributed by atoms with Crippen LogP contribution in [-0.4, -0.2) is 5.97 Å². The zero-order chi connectivity index (χ0) is 13.1. The lowest BCUT2D eigenvalue weighted by atomic mass is 10.3. The van der Waals surface area contributed by atoms with Gasteiger partial charge in [0.1, 0.15) is 35.7 Å². The fraction of sp³-hybridized carbons (Fsp3) is 0.0833. The SMILES string of the molecule is O=C([O-])c1ccc(COc2ccc(F)c(Cl)c2)o1. The molecule has 1 aromatic carbocycles. The maximum absolute atomic E-state index is 12.9. The van der Waals surface area contributed by atoms with E-state index >= 15 is 0 Å². The van der Waals surface area contributed by atoms with Crippen LogP contribution in [0.25, 0.3) is 0 Å². The molecule has 0 aliphatic carbocycles. The maximum Gasteiger partial charge on any atom is 0.149 e. The van der Waals surface area contributed by atoms with Crippen molar-refractivity contribution >= 4 is 17.6 Å². The van der Waals surface area contributed by atoms with Gasteiger partial charge in [-0.05, 0) is 24.3 Å². The number of hydrogen-bond acceptors (Lipinski definition) is 4. The summed E-state index contributed by atoms with van der Waals surface area (Å²) in [4.78, 5) is 10.5. The van der Waals surface area contributed by atoms with Crippen molar-refractivity contribution < 1.29 is 23.4 Å². The van der Waals surface area contributed by atoms with E-state index in [1.165, 1.54) is 30.3 Å². The Morgan fingerprint density at radius 1 is 1.39 bits per heavy atom. The Kier molecular flexibility index (Phi) is 3.53. The van der Waals surface area contributed by atoms with E-state index in [4.69, 9.17) is 20.8 Å². The second kappa shape index (κ2) is 5.10. The topological polar surface area (TPSA) is 62.5 Å². The molecule has 2 aromatic rings. The number of hydrogen-bond donors (Lipinski definition) is 0. The Balaban J connectivity index is 2.02. The van der Waals surface area contributed by atoms with Crippen LogP contribution in [0.4, 0.5) is 4.39 Å². The summed E-state index contributed by atoms with van der Waals surface area (Å²) in [6, 6.07) is 6.62. The average Bonchev–Trinajstić information content (AvgIpc) is 2.79. The van der Waals surface area contributed by atoms with Crippen molar-refractivity contribution in [3.05, 3.63) is 52.7 Å². The van der Waals surface area contributed by atoms with E-state index in [9.17, 15) is 14.3 Å². The third-order valence-corrected chi connectivity index (χ3v) is 2.42. The van der Waals surface area contributed by atoms with Crippen molar-refractivity contribution in [1.82, 2.24) is 0 Å². The molecule has 0 atom stereocenters. The molecule has 94 valence electrons. The molecule has 4 nitrogen and oxygen atoms in total. The van der Waals surface area contributed by atoms with Gasteiger partial charge in [-0.25, -0.2) is 4.39 Å². The number of carboxylic acid groups (broad SMARTS) is 1. The second-order valence-corrected chi connectivity index (χ2v) is 3.83. The van der Waals surface area contributed by atoms with E-state index in [2.05, 4.69) is 0 Å². The first-order valence-electron chi connectivity index (χ1n) is 4.94. The lowest BCUT2D eigenvalue weighted by Crippen LogP contribution is -2.21. The van der Waals surface area contributed by atoms with E-state index < -0.39 is 11.8 Å². The standard InChI is InChI=1S/C12H8ClFO4/c13-9-5-7(1-3-10(9)14)17-6-8-2-4-11(18-8)12(15)16/h1-5H,6H2,(H,15,16)/p-1. The van der Waals surface area contributed by atoms with Crippen LogP contribution < -0.4 is 9.84 Å². The summed E-state index contributed by atoms with van der Waals surface area (Å²) in [5.74, 6) is -1.54. The van der Waals surface area contributed by atoms with Crippen LogP contribution in [-0.2, 0) is 6.61 Å². The van der Waals surface area contributed by atoms with Crippen molar-refractivity contribution in [1.29, 1.82) is 0 Å². The number of rotatable bonds is 4. The van der Waals surface area contributed by atoms with E-state index in [0.717, 1.165) is 0 Å². The highest BCUT2D eigenvalue weighted by molar-refractivity contribution is 6.30. The largest absolute Gasteiger partial charge is 0.542 e. The molecule has 0 aliphatic heterocycles. The minimum atomic E-state index is -1.40. The normalized spacial score (nSPS) is 10.3.